The summed E-state index contributed by atoms with van der Waals surface area (Å²) in [6.45, 7) is 2.73. The second-order valence-electron chi connectivity index (χ2n) is 9.33. The van der Waals surface area contributed by atoms with E-state index in [-0.39, 0.29) is 36.8 Å². The minimum absolute atomic E-state index is 0.0360. The first-order chi connectivity index (χ1) is 19.7. The number of amides is 2. The van der Waals surface area contributed by atoms with Gasteiger partial charge < -0.3 is 14.8 Å². The highest BCUT2D eigenvalue weighted by Crippen LogP contribution is 2.23. The smallest absolute Gasteiger partial charge is 0.264 e. The molecule has 41 heavy (non-hydrogen) atoms. The van der Waals surface area contributed by atoms with E-state index in [0.717, 1.165) is 16.7 Å². The quantitative estimate of drug-likeness (QED) is 0.233. The number of hydrogen-bond donors (Lipinski definition) is 2. The lowest BCUT2D eigenvalue weighted by Gasteiger charge is -2.14. The molecule has 1 aromatic heterocycles. The monoisotopic (exact) mass is 576 g/mol. The summed E-state index contributed by atoms with van der Waals surface area (Å²) < 4.78 is 40.4. The summed E-state index contributed by atoms with van der Waals surface area (Å²) in [5, 5.41) is 7.06. The number of benzene rings is 3. The average Bonchev–Trinajstić information content (AvgIpc) is 3.47. The molecule has 0 unspecified atom stereocenters. The van der Waals surface area contributed by atoms with E-state index in [0.29, 0.717) is 23.6 Å². The SMILES string of the molecule is COc1cccc(C(=O)NCCOc2cc(Cn3cccn3)ccc2CCC(=O)NS(=O)(=O)c2cccc(C)c2)c1. The van der Waals surface area contributed by atoms with E-state index in [1.807, 2.05) is 30.5 Å². The molecule has 0 saturated heterocycles. The van der Waals surface area contributed by atoms with E-state index in [4.69, 9.17) is 9.47 Å². The molecule has 4 aromatic rings. The molecule has 2 N–H and O–H groups in total. The van der Waals surface area contributed by atoms with Crippen molar-refractivity contribution in [3.05, 3.63) is 107 Å². The fourth-order valence-electron chi connectivity index (χ4n) is 4.10. The molecular formula is C30H32N4O6S. The highest BCUT2D eigenvalue weighted by atomic mass is 32.2. The summed E-state index contributed by atoms with van der Waals surface area (Å²) in [4.78, 5) is 25.1. The Kier molecular flexibility index (Phi) is 9.75. The van der Waals surface area contributed by atoms with Gasteiger partial charge in [0.1, 0.15) is 18.1 Å². The second kappa shape index (κ2) is 13.6. The van der Waals surface area contributed by atoms with Gasteiger partial charge in [0, 0.05) is 24.4 Å². The maximum atomic E-state index is 12.6. The molecule has 3 aromatic carbocycles. The first-order valence-electron chi connectivity index (χ1n) is 13.0. The Morgan fingerprint density at radius 3 is 2.59 bits per heavy atom. The number of aromatic nitrogens is 2. The van der Waals surface area contributed by atoms with Crippen LogP contribution in [0.15, 0.2) is 90.1 Å². The van der Waals surface area contributed by atoms with Crippen LogP contribution in [0.5, 0.6) is 11.5 Å². The predicted molar refractivity (Wildman–Crippen MR) is 153 cm³/mol. The summed E-state index contributed by atoms with van der Waals surface area (Å²) in [5.41, 5.74) is 2.91. The standard InChI is InChI=1S/C30H32N4O6S/c1-22-6-3-9-27(18-22)41(37,38)33-29(35)13-12-24-11-10-23(21-34-16-5-14-32-34)19-28(24)40-17-15-31-30(36)25-7-4-8-26(20-25)39-2/h3-11,14,16,18-20H,12-13,15,17,21H2,1-2H3,(H,31,36)(H,33,35). The molecule has 0 aliphatic heterocycles. The largest absolute Gasteiger partial charge is 0.497 e. The van der Waals surface area contributed by atoms with E-state index in [1.165, 1.54) is 19.2 Å². The number of nitrogens with zero attached hydrogens (tertiary/aromatic N) is 2. The molecule has 2 amide bonds. The van der Waals surface area contributed by atoms with Crippen LogP contribution in [0.1, 0.15) is 33.5 Å². The average molecular weight is 577 g/mol. The molecule has 0 radical (unpaired) electrons. The van der Waals surface area contributed by atoms with Gasteiger partial charge in [0.05, 0.1) is 25.1 Å². The molecule has 0 bridgehead atoms. The van der Waals surface area contributed by atoms with Gasteiger partial charge in [-0.15, -0.1) is 0 Å². The summed E-state index contributed by atoms with van der Waals surface area (Å²) in [6.07, 6.45) is 3.73. The maximum Gasteiger partial charge on any atom is 0.264 e. The highest BCUT2D eigenvalue weighted by molar-refractivity contribution is 7.90. The highest BCUT2D eigenvalue weighted by Gasteiger charge is 2.18. The van der Waals surface area contributed by atoms with Gasteiger partial charge in [-0.05, 0) is 72.5 Å². The van der Waals surface area contributed by atoms with Crippen LogP contribution >= 0.6 is 0 Å². The van der Waals surface area contributed by atoms with Crippen molar-refractivity contribution in [1.82, 2.24) is 19.8 Å². The van der Waals surface area contributed by atoms with Crippen molar-refractivity contribution < 1.29 is 27.5 Å². The third-order valence-electron chi connectivity index (χ3n) is 6.18. The minimum Gasteiger partial charge on any atom is -0.497 e. The Balaban J connectivity index is 1.39. The zero-order valence-electron chi connectivity index (χ0n) is 22.9. The van der Waals surface area contributed by atoms with Crippen molar-refractivity contribution in [2.45, 2.75) is 31.2 Å². The van der Waals surface area contributed by atoms with Gasteiger partial charge in [0.25, 0.3) is 15.9 Å². The third kappa shape index (κ3) is 8.42. The lowest BCUT2D eigenvalue weighted by molar-refractivity contribution is -0.119. The van der Waals surface area contributed by atoms with Crippen LogP contribution in [0.2, 0.25) is 0 Å². The van der Waals surface area contributed by atoms with Gasteiger partial charge in [0.15, 0.2) is 0 Å². The maximum absolute atomic E-state index is 12.6. The number of nitrogens with one attached hydrogen (secondary N) is 2. The van der Waals surface area contributed by atoms with Crippen LogP contribution in [0.3, 0.4) is 0 Å². The Labute approximate surface area is 239 Å². The number of ether oxygens (including phenoxy) is 2. The molecule has 11 heteroatoms. The van der Waals surface area contributed by atoms with Gasteiger partial charge in [-0.3, -0.25) is 14.3 Å². The summed E-state index contributed by atoms with van der Waals surface area (Å²) in [5.74, 6) is 0.248. The van der Waals surface area contributed by atoms with Crippen LogP contribution < -0.4 is 19.5 Å². The van der Waals surface area contributed by atoms with E-state index in [9.17, 15) is 18.0 Å². The van der Waals surface area contributed by atoms with Crippen LogP contribution in [0, 0.1) is 6.92 Å². The van der Waals surface area contributed by atoms with Crippen molar-refractivity contribution in [3.63, 3.8) is 0 Å². The predicted octanol–water partition coefficient (Wildman–Crippen LogP) is 3.49. The Morgan fingerprint density at radius 2 is 1.83 bits per heavy atom. The molecule has 0 spiro atoms. The van der Waals surface area contributed by atoms with E-state index < -0.39 is 15.9 Å². The van der Waals surface area contributed by atoms with Crippen LogP contribution in [0.4, 0.5) is 0 Å². The fourth-order valence-corrected chi connectivity index (χ4v) is 5.22. The first-order valence-corrected chi connectivity index (χ1v) is 14.5. The summed E-state index contributed by atoms with van der Waals surface area (Å²) in [6, 6.07) is 20.7. The summed E-state index contributed by atoms with van der Waals surface area (Å²) >= 11 is 0. The molecule has 0 aliphatic rings. The van der Waals surface area contributed by atoms with E-state index >= 15 is 0 Å². The van der Waals surface area contributed by atoms with Crippen LogP contribution in [0.25, 0.3) is 0 Å². The first kappa shape index (κ1) is 29.3. The molecule has 0 aliphatic carbocycles. The van der Waals surface area contributed by atoms with Gasteiger partial charge in [-0.25, -0.2) is 13.1 Å². The zero-order valence-corrected chi connectivity index (χ0v) is 23.7. The summed E-state index contributed by atoms with van der Waals surface area (Å²) in [7, 11) is -2.44. The molecule has 0 saturated carbocycles. The number of aryl methyl sites for hydroxylation is 2. The second-order valence-corrected chi connectivity index (χ2v) is 11.0. The molecule has 4 rings (SSSR count). The molecule has 0 fully saturated rings. The molecule has 214 valence electrons. The van der Waals surface area contributed by atoms with Gasteiger partial charge in [0.2, 0.25) is 5.91 Å². The van der Waals surface area contributed by atoms with Crippen molar-refractivity contribution in [2.24, 2.45) is 0 Å². The number of methoxy groups -OCH3 is 1. The Morgan fingerprint density at radius 1 is 1.00 bits per heavy atom. The lowest BCUT2D eigenvalue weighted by Crippen LogP contribution is -2.30. The molecule has 10 nitrogen and oxygen atoms in total. The van der Waals surface area contributed by atoms with E-state index in [1.54, 1.807) is 54.2 Å². The number of rotatable bonds is 13. The van der Waals surface area contributed by atoms with Gasteiger partial charge in [-0.2, -0.15) is 5.10 Å². The van der Waals surface area contributed by atoms with Crippen molar-refractivity contribution in [1.29, 1.82) is 0 Å². The molecule has 0 atom stereocenters. The van der Waals surface area contributed by atoms with E-state index in [2.05, 4.69) is 15.1 Å². The van der Waals surface area contributed by atoms with Crippen molar-refractivity contribution in [3.8, 4) is 11.5 Å². The third-order valence-corrected chi connectivity index (χ3v) is 7.55. The topological polar surface area (TPSA) is 129 Å². The number of carbonyl (C=O) groups is 2. The Bertz CT molecular complexity index is 1600. The Hall–Kier alpha value is -4.64. The minimum atomic E-state index is -3.97. The molecular weight excluding hydrogens is 544 g/mol. The normalized spacial score (nSPS) is 11.1. The number of sulfonamides is 1. The lowest BCUT2D eigenvalue weighted by atomic mass is 10.1. The zero-order chi connectivity index (χ0) is 29.2. The van der Waals surface area contributed by atoms with Crippen molar-refractivity contribution in [2.75, 3.05) is 20.3 Å². The number of carbonyl (C=O) groups excluding carboxylic acids is 2. The van der Waals surface area contributed by atoms with Gasteiger partial charge in [-0.1, -0.05) is 30.3 Å². The van der Waals surface area contributed by atoms with Crippen molar-refractivity contribution >= 4 is 21.8 Å². The van der Waals surface area contributed by atoms with Gasteiger partial charge >= 0.3 is 0 Å². The molecule has 1 heterocycles. The van der Waals surface area contributed by atoms with Crippen LogP contribution in [-0.2, 0) is 27.8 Å². The van der Waals surface area contributed by atoms with Crippen LogP contribution in [-0.4, -0.2) is 50.3 Å². The fraction of sp³-hybridized carbons (Fsp3) is 0.233. The number of hydrogen-bond acceptors (Lipinski definition) is 7.